The molecule has 24 heteroatoms. The lowest BCUT2D eigenvalue weighted by atomic mass is 10.0. The normalized spacial score (nSPS) is 16.1. The molecule has 12 rings (SSSR count). The Balaban J connectivity index is 0.000000166. The van der Waals surface area contributed by atoms with E-state index in [4.69, 9.17) is 32.9 Å². The van der Waals surface area contributed by atoms with Gasteiger partial charge >= 0.3 is 5.97 Å². The van der Waals surface area contributed by atoms with Gasteiger partial charge in [-0.3, -0.25) is 29.2 Å². The molecule has 8 aromatic rings. The number of nitrogens with zero attached hydrogens (tertiary/aromatic N) is 14. The highest BCUT2D eigenvalue weighted by Crippen LogP contribution is 2.39. The highest BCUT2D eigenvalue weighted by atomic mass is 35.5. The number of allylic oxidation sites excluding steroid dienone is 2. The highest BCUT2D eigenvalue weighted by molar-refractivity contribution is 7.12. The number of carbonyl (C=O) groups excluding carboxylic acids is 3. The first kappa shape index (κ1) is 51.8. The maximum atomic E-state index is 13.5. The van der Waals surface area contributed by atoms with Gasteiger partial charge in [0.15, 0.2) is 6.61 Å². The Morgan fingerprint density at radius 3 is 1.58 bits per heavy atom. The number of hydrogen-bond acceptors (Lipinski definition) is 16. The van der Waals surface area contributed by atoms with E-state index in [0.29, 0.717) is 32.6 Å². The van der Waals surface area contributed by atoms with E-state index in [0.717, 1.165) is 104 Å². The summed E-state index contributed by atoms with van der Waals surface area (Å²) in [4.78, 5) is 76.7. The number of benzene rings is 2. The summed E-state index contributed by atoms with van der Waals surface area (Å²) in [7, 11) is 6.70. The third-order valence-electron chi connectivity index (χ3n) is 13.9. The van der Waals surface area contributed by atoms with E-state index in [9.17, 15) is 24.0 Å². The number of pyridine rings is 2. The molecule has 2 aromatic carbocycles. The van der Waals surface area contributed by atoms with Crippen LogP contribution in [0, 0.1) is 0 Å². The van der Waals surface area contributed by atoms with E-state index in [1.165, 1.54) is 40.2 Å². The van der Waals surface area contributed by atoms with Gasteiger partial charge in [0.25, 0.3) is 22.9 Å². The number of fused-ring (bicyclic) bond motifs is 2. The molecule has 10 heterocycles. The van der Waals surface area contributed by atoms with Crippen LogP contribution in [0.15, 0.2) is 128 Å². The third-order valence-corrected chi connectivity index (χ3v) is 16.2. The third kappa shape index (κ3) is 10.3. The van der Waals surface area contributed by atoms with Gasteiger partial charge in [-0.2, -0.15) is 9.36 Å². The minimum Gasteiger partial charge on any atom is -0.451 e. The van der Waals surface area contributed by atoms with Gasteiger partial charge in [-0.25, -0.2) is 4.79 Å². The van der Waals surface area contributed by atoms with Crippen molar-refractivity contribution in [3.63, 3.8) is 0 Å². The van der Waals surface area contributed by atoms with Crippen LogP contribution >= 0.6 is 45.9 Å². The van der Waals surface area contributed by atoms with Crippen molar-refractivity contribution in [1.82, 2.24) is 59.3 Å². The van der Waals surface area contributed by atoms with Crippen LogP contribution in [0.1, 0.15) is 79.6 Å². The lowest BCUT2D eigenvalue weighted by molar-refractivity contribution is -0.131. The van der Waals surface area contributed by atoms with Gasteiger partial charge in [0.2, 0.25) is 0 Å². The van der Waals surface area contributed by atoms with Crippen molar-refractivity contribution in [2.45, 2.75) is 50.6 Å². The Bertz CT molecular complexity index is 3950. The van der Waals surface area contributed by atoms with Crippen LogP contribution in [0.5, 0.6) is 0 Å². The number of aryl methyl sites for hydroxylation is 2. The molecule has 6 aromatic heterocycles. The summed E-state index contributed by atoms with van der Waals surface area (Å²) in [6.45, 7) is -0.303. The molecule has 0 radical (unpaired) electrons. The van der Waals surface area contributed by atoms with Gasteiger partial charge < -0.3 is 23.7 Å². The van der Waals surface area contributed by atoms with E-state index in [1.54, 1.807) is 85.1 Å². The molecule has 78 heavy (non-hydrogen) atoms. The summed E-state index contributed by atoms with van der Waals surface area (Å²) in [5, 5.41) is 27.9. The van der Waals surface area contributed by atoms with Gasteiger partial charge in [-0.15, -0.1) is 32.9 Å². The van der Waals surface area contributed by atoms with Gasteiger partial charge in [-0.05, 0) is 151 Å². The van der Waals surface area contributed by atoms with Crippen molar-refractivity contribution < 1.29 is 19.1 Å². The molecule has 0 aliphatic carbocycles. The van der Waals surface area contributed by atoms with E-state index in [1.807, 2.05) is 62.5 Å². The molecule has 2 amide bonds. The van der Waals surface area contributed by atoms with Crippen LogP contribution in [0.2, 0.25) is 10.0 Å². The molecule has 0 saturated carbocycles. The number of thiophene rings is 2. The Morgan fingerprint density at radius 1 is 0.628 bits per heavy atom. The van der Waals surface area contributed by atoms with Crippen molar-refractivity contribution in [2.75, 3.05) is 34.8 Å². The Morgan fingerprint density at radius 2 is 1.12 bits per heavy atom. The largest absolute Gasteiger partial charge is 0.451 e. The first-order chi connectivity index (χ1) is 37.7. The molecule has 4 aliphatic heterocycles. The van der Waals surface area contributed by atoms with Crippen LogP contribution in [-0.2, 0) is 22.4 Å². The molecule has 0 N–H and O–H groups in total. The van der Waals surface area contributed by atoms with Gasteiger partial charge in [0.05, 0.1) is 28.3 Å². The van der Waals surface area contributed by atoms with Gasteiger partial charge in [0.1, 0.15) is 17.5 Å². The molecular formula is C54H46Cl2N14O6S2. The van der Waals surface area contributed by atoms with Crippen LogP contribution in [-0.4, -0.2) is 123 Å². The summed E-state index contributed by atoms with van der Waals surface area (Å²) in [6, 6.07) is 21.6. The number of likely N-dealkylation sites (N-methyl/N-ethyl adjacent to an activating group) is 1. The Hall–Kier alpha value is -8.31. The second-order valence-electron chi connectivity index (χ2n) is 19.2. The number of rotatable bonds is 12. The highest BCUT2D eigenvalue weighted by Gasteiger charge is 2.33. The lowest BCUT2D eigenvalue weighted by Gasteiger charge is -2.17. The van der Waals surface area contributed by atoms with Crippen LogP contribution in [0.4, 0.5) is 0 Å². The summed E-state index contributed by atoms with van der Waals surface area (Å²) >= 11 is 15.3. The van der Waals surface area contributed by atoms with Crippen molar-refractivity contribution in [1.29, 1.82) is 0 Å². The summed E-state index contributed by atoms with van der Waals surface area (Å²) in [5.74, 6) is -0.830. The molecule has 4 aliphatic rings. The molecule has 0 spiro atoms. The number of amides is 2. The Labute approximate surface area is 462 Å². The zero-order valence-electron chi connectivity index (χ0n) is 42.3. The van der Waals surface area contributed by atoms with Crippen molar-refractivity contribution in [2.24, 2.45) is 9.98 Å². The number of halogens is 2. The number of aliphatic imine (C=N–C) groups is 2. The van der Waals surface area contributed by atoms with Crippen LogP contribution < -0.4 is 11.1 Å². The zero-order chi connectivity index (χ0) is 54.4. The average molecular weight is 1120 g/mol. The smallest absolute Gasteiger partial charge is 0.348 e. The predicted octanol–water partition coefficient (Wildman–Crippen LogP) is 8.10. The fourth-order valence-electron chi connectivity index (χ4n) is 9.99. The van der Waals surface area contributed by atoms with Crippen molar-refractivity contribution in [3.05, 3.63) is 172 Å². The molecular weight excluding hydrogens is 1080 g/mol. The van der Waals surface area contributed by atoms with E-state index in [-0.39, 0.29) is 41.6 Å². The molecule has 0 fully saturated rings. The second-order valence-corrected chi connectivity index (χ2v) is 21.9. The first-order valence-corrected chi connectivity index (χ1v) is 27.0. The summed E-state index contributed by atoms with van der Waals surface area (Å²) < 4.78 is 11.9. The first-order valence-electron chi connectivity index (χ1n) is 24.5. The SMILES string of the molecule is CN(C)C(=O)COC(=O)c1cc(C2=CN=C([C@@H]3CCc4cc(-c5cc(Cl)ccc5-n5cnnn5)cc(=O)n43)C2)cs1.CN(C)C(=O)c1cc(C2=CN=C([C@@H]3CCc4cc(-c5cc(Cl)ccc5-n5cnnn5)cc(=O)n43)C2)cs1. The van der Waals surface area contributed by atoms with E-state index in [2.05, 4.69) is 36.0 Å². The van der Waals surface area contributed by atoms with Crippen molar-refractivity contribution >= 4 is 86.2 Å². The van der Waals surface area contributed by atoms with Gasteiger partial charge in [-0.1, -0.05) is 23.2 Å². The number of esters is 1. The van der Waals surface area contributed by atoms with Gasteiger partial charge in [0, 0.05) is 110 Å². The minimum absolute atomic E-state index is 0.00832. The summed E-state index contributed by atoms with van der Waals surface area (Å²) in [5.41, 5.74) is 12.0. The molecule has 2 atom stereocenters. The second kappa shape index (κ2) is 21.6. The predicted molar refractivity (Wildman–Crippen MR) is 298 cm³/mol. The standard InChI is InChI=1S/C28H24ClN7O4S.C26H22ClN7O2S/c1-34(2)27(38)13-40-28(39)25-9-18(14-41-25)17-8-22(30-12-17)24-6-4-20-7-16(10-26(37)36(20)24)21-11-19(29)3-5-23(21)35-15-31-32-33-35;1-32(2)26(36)24-9-17(13-37-24)16-8-21(28-12-16)23-6-4-19-7-15(10-25(35)34(19)23)20-11-18(27)3-5-22(20)33-14-29-30-31-33/h3,5,7,9-12,14-15,24H,4,6,8,13H2,1-2H3;3,5,7,9-14,23H,4,6,8H2,1-2H3/t24-;23-/m00/s1. The van der Waals surface area contributed by atoms with E-state index >= 15 is 0 Å². The van der Waals surface area contributed by atoms with Crippen LogP contribution in [0.3, 0.4) is 0 Å². The average Bonchev–Trinajstić information content (AvgIpc) is 4.35. The maximum Gasteiger partial charge on any atom is 0.348 e. The molecule has 0 bridgehead atoms. The lowest BCUT2D eigenvalue weighted by Crippen LogP contribution is -2.27. The Kier molecular flexibility index (Phi) is 14.3. The number of hydrogen-bond donors (Lipinski definition) is 0. The minimum atomic E-state index is -0.536. The molecule has 20 nitrogen and oxygen atoms in total. The molecule has 0 unspecified atom stereocenters. The maximum absolute atomic E-state index is 13.5. The van der Waals surface area contributed by atoms with Crippen molar-refractivity contribution in [3.8, 4) is 33.6 Å². The number of aromatic nitrogens is 10. The van der Waals surface area contributed by atoms with Crippen LogP contribution in [0.25, 0.3) is 44.8 Å². The fraction of sp³-hybridized carbons (Fsp3) is 0.241. The summed E-state index contributed by atoms with van der Waals surface area (Å²) in [6.07, 6.45) is 11.0. The number of tetrazole rings is 2. The van der Waals surface area contributed by atoms with E-state index < -0.39 is 5.97 Å². The monoisotopic (exact) mass is 1120 g/mol. The molecule has 0 saturated heterocycles. The number of carbonyl (C=O) groups is 3. The fourth-order valence-corrected chi connectivity index (χ4v) is 12.1. The zero-order valence-corrected chi connectivity index (χ0v) is 45.4. The quantitative estimate of drug-likeness (QED) is 0.106. The number of ether oxygens (including phenoxy) is 1. The topological polar surface area (TPSA) is 223 Å². The molecule has 394 valence electrons.